The monoisotopic (exact) mass is 243 g/mol. The van der Waals surface area contributed by atoms with Crippen LogP contribution in [-0.2, 0) is 0 Å². The highest BCUT2D eigenvalue weighted by Gasteiger charge is 2.37. The summed E-state index contributed by atoms with van der Waals surface area (Å²) in [7, 11) is 0. The minimum Gasteiger partial charge on any atom is -0.313 e. The Balaban J connectivity index is 2.52. The van der Waals surface area contributed by atoms with Gasteiger partial charge in [0, 0.05) is 10.8 Å². The molecule has 2 heteroatoms. The second-order valence-corrected chi connectivity index (χ2v) is 7.13. The minimum absolute atomic E-state index is 0.498. The predicted molar refractivity (Wildman–Crippen MR) is 76.3 cm³/mol. The molecular weight excluding hydrogens is 214 g/mol. The largest absolute Gasteiger partial charge is 0.313 e. The van der Waals surface area contributed by atoms with E-state index in [4.69, 9.17) is 0 Å². The van der Waals surface area contributed by atoms with Crippen molar-refractivity contribution in [3.8, 4) is 0 Å². The fourth-order valence-electron chi connectivity index (χ4n) is 2.88. The molecule has 0 aliphatic carbocycles. The lowest BCUT2D eigenvalue weighted by Crippen LogP contribution is -2.46. The maximum atomic E-state index is 3.73. The Morgan fingerprint density at radius 3 is 2.62 bits per heavy atom. The Hall–Kier alpha value is 0.310. The molecule has 0 bridgehead atoms. The van der Waals surface area contributed by atoms with Gasteiger partial charge in [-0.1, -0.05) is 33.6 Å². The van der Waals surface area contributed by atoms with E-state index >= 15 is 0 Å². The van der Waals surface area contributed by atoms with Crippen molar-refractivity contribution in [2.45, 2.75) is 70.6 Å². The van der Waals surface area contributed by atoms with Gasteiger partial charge in [-0.15, -0.1) is 0 Å². The van der Waals surface area contributed by atoms with Crippen LogP contribution in [0.25, 0.3) is 0 Å². The van der Waals surface area contributed by atoms with E-state index in [9.17, 15) is 0 Å². The first-order valence-electron chi connectivity index (χ1n) is 6.99. The van der Waals surface area contributed by atoms with Gasteiger partial charge in [0.2, 0.25) is 0 Å². The summed E-state index contributed by atoms with van der Waals surface area (Å²) < 4.78 is 0.498. The average molecular weight is 243 g/mol. The van der Waals surface area contributed by atoms with Crippen LogP contribution in [0.5, 0.6) is 0 Å². The van der Waals surface area contributed by atoms with Gasteiger partial charge >= 0.3 is 0 Å². The second-order valence-electron chi connectivity index (χ2n) is 5.50. The molecule has 96 valence electrons. The number of hydrogen-bond acceptors (Lipinski definition) is 2. The number of thioether (sulfide) groups is 1. The summed E-state index contributed by atoms with van der Waals surface area (Å²) in [4.78, 5) is 0. The normalized spacial score (nSPS) is 29.2. The van der Waals surface area contributed by atoms with Crippen molar-refractivity contribution < 1.29 is 0 Å². The van der Waals surface area contributed by atoms with Crippen LogP contribution in [0.1, 0.15) is 59.8 Å². The first-order chi connectivity index (χ1) is 7.62. The first kappa shape index (κ1) is 14.4. The third-order valence-electron chi connectivity index (χ3n) is 3.86. The van der Waals surface area contributed by atoms with Crippen molar-refractivity contribution in [3.05, 3.63) is 0 Å². The molecule has 1 fully saturated rings. The molecule has 3 unspecified atom stereocenters. The van der Waals surface area contributed by atoms with E-state index in [1.54, 1.807) is 0 Å². The van der Waals surface area contributed by atoms with Crippen molar-refractivity contribution >= 4 is 11.8 Å². The summed E-state index contributed by atoms with van der Waals surface area (Å²) in [5.74, 6) is 2.23. The fourth-order valence-corrected chi connectivity index (χ4v) is 4.31. The third-order valence-corrected chi connectivity index (χ3v) is 5.50. The van der Waals surface area contributed by atoms with E-state index in [2.05, 4.69) is 44.8 Å². The molecule has 1 aliphatic rings. The van der Waals surface area contributed by atoms with E-state index in [1.165, 1.54) is 37.9 Å². The lowest BCUT2D eigenvalue weighted by Gasteiger charge is -2.35. The number of nitrogens with one attached hydrogen (secondary N) is 1. The van der Waals surface area contributed by atoms with Gasteiger partial charge in [-0.3, -0.25) is 0 Å². The van der Waals surface area contributed by atoms with Crippen molar-refractivity contribution in [3.63, 3.8) is 0 Å². The molecule has 16 heavy (non-hydrogen) atoms. The number of rotatable bonds is 7. The van der Waals surface area contributed by atoms with Crippen LogP contribution < -0.4 is 5.32 Å². The standard InChI is InChI=1S/C14H29NS/c1-5-8-12(3)11-13(15-6-2)14(4)9-7-10-16-14/h12-13,15H,5-11H2,1-4H3. The van der Waals surface area contributed by atoms with E-state index in [0.717, 1.165) is 12.5 Å². The molecule has 1 N–H and O–H groups in total. The Labute approximate surface area is 106 Å². The van der Waals surface area contributed by atoms with Crippen molar-refractivity contribution in [2.24, 2.45) is 5.92 Å². The quantitative estimate of drug-likeness (QED) is 0.723. The van der Waals surface area contributed by atoms with Gasteiger partial charge in [0.1, 0.15) is 0 Å². The van der Waals surface area contributed by atoms with Gasteiger partial charge in [0.25, 0.3) is 0 Å². The average Bonchev–Trinajstić information content (AvgIpc) is 2.66. The molecule has 1 heterocycles. The highest BCUT2D eigenvalue weighted by atomic mass is 32.2. The Morgan fingerprint density at radius 1 is 1.38 bits per heavy atom. The second kappa shape index (κ2) is 6.90. The van der Waals surface area contributed by atoms with Crippen LogP contribution in [0.2, 0.25) is 0 Å². The zero-order valence-electron chi connectivity index (χ0n) is 11.5. The molecule has 1 rings (SSSR count). The van der Waals surface area contributed by atoms with Crippen LogP contribution in [0.15, 0.2) is 0 Å². The molecule has 3 atom stereocenters. The maximum Gasteiger partial charge on any atom is 0.0285 e. The highest BCUT2D eigenvalue weighted by molar-refractivity contribution is 8.00. The van der Waals surface area contributed by atoms with Crippen LogP contribution >= 0.6 is 11.8 Å². The van der Waals surface area contributed by atoms with Crippen molar-refractivity contribution in [2.75, 3.05) is 12.3 Å². The molecule has 0 spiro atoms. The lowest BCUT2D eigenvalue weighted by molar-refractivity contribution is 0.327. The molecule has 1 saturated heterocycles. The SMILES string of the molecule is CCCC(C)CC(NCC)C1(C)CCCS1. The summed E-state index contributed by atoms with van der Waals surface area (Å²) in [5.41, 5.74) is 0. The Kier molecular flexibility index (Phi) is 6.20. The topological polar surface area (TPSA) is 12.0 Å². The maximum absolute atomic E-state index is 3.73. The highest BCUT2D eigenvalue weighted by Crippen LogP contribution is 2.42. The van der Waals surface area contributed by atoms with E-state index < -0.39 is 0 Å². The van der Waals surface area contributed by atoms with Crippen molar-refractivity contribution in [1.82, 2.24) is 5.32 Å². The minimum atomic E-state index is 0.498. The molecule has 1 aliphatic heterocycles. The molecule has 0 aromatic carbocycles. The molecule has 1 nitrogen and oxygen atoms in total. The summed E-state index contributed by atoms with van der Waals surface area (Å²) in [6, 6.07) is 0.714. The lowest BCUT2D eigenvalue weighted by atomic mass is 9.87. The number of hydrogen-bond donors (Lipinski definition) is 1. The zero-order chi connectivity index (χ0) is 12.0. The summed E-state index contributed by atoms with van der Waals surface area (Å²) in [6.07, 6.45) is 6.86. The summed E-state index contributed by atoms with van der Waals surface area (Å²) >= 11 is 2.19. The zero-order valence-corrected chi connectivity index (χ0v) is 12.3. The van der Waals surface area contributed by atoms with Gasteiger partial charge in [-0.05, 0) is 44.4 Å². The summed E-state index contributed by atoms with van der Waals surface area (Å²) in [6.45, 7) is 10.5. The van der Waals surface area contributed by atoms with Gasteiger partial charge in [-0.2, -0.15) is 11.8 Å². The molecule has 0 saturated carbocycles. The van der Waals surface area contributed by atoms with E-state index in [0.29, 0.717) is 10.8 Å². The third kappa shape index (κ3) is 3.96. The van der Waals surface area contributed by atoms with Crippen LogP contribution in [0.4, 0.5) is 0 Å². The smallest absolute Gasteiger partial charge is 0.0285 e. The van der Waals surface area contributed by atoms with E-state index in [1.807, 2.05) is 0 Å². The van der Waals surface area contributed by atoms with E-state index in [-0.39, 0.29) is 0 Å². The van der Waals surface area contributed by atoms with Crippen LogP contribution in [0, 0.1) is 5.92 Å². The first-order valence-corrected chi connectivity index (χ1v) is 7.98. The fraction of sp³-hybridized carbons (Fsp3) is 1.00. The molecule has 0 aromatic rings. The predicted octanol–water partition coefficient (Wildman–Crippen LogP) is 4.08. The van der Waals surface area contributed by atoms with Gasteiger partial charge < -0.3 is 5.32 Å². The molecule has 0 aromatic heterocycles. The summed E-state index contributed by atoms with van der Waals surface area (Å²) in [5, 5.41) is 3.73. The van der Waals surface area contributed by atoms with Crippen LogP contribution in [0.3, 0.4) is 0 Å². The Morgan fingerprint density at radius 2 is 2.12 bits per heavy atom. The van der Waals surface area contributed by atoms with Crippen LogP contribution in [-0.4, -0.2) is 23.1 Å². The van der Waals surface area contributed by atoms with Gasteiger partial charge in [-0.25, -0.2) is 0 Å². The molecular formula is C14H29NS. The van der Waals surface area contributed by atoms with Crippen molar-refractivity contribution in [1.29, 1.82) is 0 Å². The van der Waals surface area contributed by atoms with Gasteiger partial charge in [0.05, 0.1) is 0 Å². The molecule has 0 radical (unpaired) electrons. The molecule has 0 amide bonds. The Bertz CT molecular complexity index is 187. The van der Waals surface area contributed by atoms with Gasteiger partial charge in [0.15, 0.2) is 0 Å².